The van der Waals surface area contributed by atoms with Gasteiger partial charge in [-0.05, 0) is 29.8 Å². The lowest BCUT2D eigenvalue weighted by atomic mass is 10.1. The summed E-state index contributed by atoms with van der Waals surface area (Å²) in [5.41, 5.74) is 13.9. The monoisotopic (exact) mass is 271 g/mol. The molecule has 0 radical (unpaired) electrons. The molecule has 0 bridgehead atoms. The summed E-state index contributed by atoms with van der Waals surface area (Å²) >= 11 is 0. The van der Waals surface area contributed by atoms with Gasteiger partial charge in [-0.3, -0.25) is 4.79 Å². The van der Waals surface area contributed by atoms with E-state index in [1.807, 2.05) is 30.3 Å². The van der Waals surface area contributed by atoms with Gasteiger partial charge in [-0.1, -0.05) is 18.2 Å². The van der Waals surface area contributed by atoms with E-state index >= 15 is 0 Å². The number of primary amides is 1. The van der Waals surface area contributed by atoms with Crippen LogP contribution < -0.4 is 21.5 Å². The Morgan fingerprint density at radius 3 is 2.65 bits per heavy atom. The molecule has 5 heteroatoms. The van der Waals surface area contributed by atoms with E-state index in [1.54, 1.807) is 19.2 Å². The molecule has 0 aliphatic carbocycles. The summed E-state index contributed by atoms with van der Waals surface area (Å²) in [7, 11) is 1.58. The Hall–Kier alpha value is -2.69. The maximum Gasteiger partial charge on any atom is 0.250 e. The number of nitrogen functional groups attached to an aromatic ring is 1. The fourth-order valence-electron chi connectivity index (χ4n) is 1.94. The van der Waals surface area contributed by atoms with Crippen LogP contribution in [-0.4, -0.2) is 13.0 Å². The number of para-hydroxylation sites is 1. The van der Waals surface area contributed by atoms with Crippen LogP contribution in [0.2, 0.25) is 0 Å². The first-order chi connectivity index (χ1) is 9.61. The second-order valence-corrected chi connectivity index (χ2v) is 4.34. The van der Waals surface area contributed by atoms with Crippen LogP contribution in [-0.2, 0) is 6.54 Å². The van der Waals surface area contributed by atoms with Crippen molar-refractivity contribution in [3.8, 4) is 5.75 Å². The summed E-state index contributed by atoms with van der Waals surface area (Å²) < 4.78 is 5.11. The minimum atomic E-state index is -0.456. The standard InChI is InChI=1S/C15H17N3O2/c1-20-14-7-6-10(8-12(14)16)9-18-13-5-3-2-4-11(13)15(17)19/h2-8,18H,9,16H2,1H3,(H2,17,19). The van der Waals surface area contributed by atoms with Crippen molar-refractivity contribution < 1.29 is 9.53 Å². The van der Waals surface area contributed by atoms with Crippen molar-refractivity contribution in [3.05, 3.63) is 53.6 Å². The fourth-order valence-corrected chi connectivity index (χ4v) is 1.94. The third-order valence-corrected chi connectivity index (χ3v) is 2.97. The fraction of sp³-hybridized carbons (Fsp3) is 0.133. The number of nitrogens with two attached hydrogens (primary N) is 2. The van der Waals surface area contributed by atoms with Crippen molar-refractivity contribution in [1.82, 2.24) is 0 Å². The van der Waals surface area contributed by atoms with Gasteiger partial charge >= 0.3 is 0 Å². The lowest BCUT2D eigenvalue weighted by Gasteiger charge is -2.11. The Morgan fingerprint density at radius 1 is 1.25 bits per heavy atom. The number of amides is 1. The van der Waals surface area contributed by atoms with Gasteiger partial charge in [0, 0.05) is 12.2 Å². The average Bonchev–Trinajstić information content (AvgIpc) is 2.45. The van der Waals surface area contributed by atoms with E-state index in [-0.39, 0.29) is 0 Å². The Balaban J connectivity index is 2.13. The highest BCUT2D eigenvalue weighted by atomic mass is 16.5. The van der Waals surface area contributed by atoms with Crippen molar-refractivity contribution in [2.75, 3.05) is 18.2 Å². The zero-order valence-electron chi connectivity index (χ0n) is 11.2. The molecule has 20 heavy (non-hydrogen) atoms. The van der Waals surface area contributed by atoms with Gasteiger partial charge in [0.05, 0.1) is 18.4 Å². The summed E-state index contributed by atoms with van der Waals surface area (Å²) in [5.74, 6) is 0.189. The Labute approximate surface area is 117 Å². The highest BCUT2D eigenvalue weighted by Gasteiger charge is 2.07. The van der Waals surface area contributed by atoms with Crippen LogP contribution in [0.15, 0.2) is 42.5 Å². The second-order valence-electron chi connectivity index (χ2n) is 4.34. The van der Waals surface area contributed by atoms with Gasteiger partial charge in [-0.25, -0.2) is 0 Å². The molecule has 0 atom stereocenters. The lowest BCUT2D eigenvalue weighted by molar-refractivity contribution is 0.100. The van der Waals surface area contributed by atoms with Crippen molar-refractivity contribution >= 4 is 17.3 Å². The summed E-state index contributed by atoms with van der Waals surface area (Å²) in [4.78, 5) is 11.3. The molecule has 2 aromatic carbocycles. The quantitative estimate of drug-likeness (QED) is 0.725. The van der Waals surface area contributed by atoms with Crippen LogP contribution in [0.1, 0.15) is 15.9 Å². The van der Waals surface area contributed by atoms with Crippen LogP contribution in [0.4, 0.5) is 11.4 Å². The highest BCUT2D eigenvalue weighted by molar-refractivity contribution is 5.98. The number of ether oxygens (including phenoxy) is 1. The van der Waals surface area contributed by atoms with E-state index in [0.29, 0.717) is 29.2 Å². The first-order valence-electron chi connectivity index (χ1n) is 6.17. The number of benzene rings is 2. The molecular formula is C15H17N3O2. The van der Waals surface area contributed by atoms with Gasteiger partial charge in [-0.2, -0.15) is 0 Å². The van der Waals surface area contributed by atoms with E-state index in [9.17, 15) is 4.79 Å². The molecule has 0 aromatic heterocycles. The average molecular weight is 271 g/mol. The summed E-state index contributed by atoms with van der Waals surface area (Å²) in [6.45, 7) is 0.540. The summed E-state index contributed by atoms with van der Waals surface area (Å²) in [6, 6.07) is 12.7. The number of anilines is 2. The topological polar surface area (TPSA) is 90.4 Å². The Kier molecular flexibility index (Phi) is 4.10. The zero-order valence-corrected chi connectivity index (χ0v) is 11.2. The van der Waals surface area contributed by atoms with E-state index in [4.69, 9.17) is 16.2 Å². The molecule has 0 aliphatic heterocycles. The van der Waals surface area contributed by atoms with E-state index in [0.717, 1.165) is 5.56 Å². The largest absolute Gasteiger partial charge is 0.495 e. The minimum absolute atomic E-state index is 0.456. The summed E-state index contributed by atoms with van der Waals surface area (Å²) in [5, 5.41) is 3.18. The molecule has 1 amide bonds. The number of methoxy groups -OCH3 is 1. The first kappa shape index (κ1) is 13.7. The Bertz CT molecular complexity index is 626. The van der Waals surface area contributed by atoms with E-state index < -0.39 is 5.91 Å². The van der Waals surface area contributed by atoms with Crippen molar-refractivity contribution in [1.29, 1.82) is 0 Å². The normalized spacial score (nSPS) is 10.1. The van der Waals surface area contributed by atoms with Crippen molar-refractivity contribution in [2.24, 2.45) is 5.73 Å². The molecule has 0 fully saturated rings. The third kappa shape index (κ3) is 3.00. The van der Waals surface area contributed by atoms with Gasteiger partial charge in [-0.15, -0.1) is 0 Å². The molecule has 0 saturated heterocycles. The van der Waals surface area contributed by atoms with Gasteiger partial charge in [0.25, 0.3) is 5.91 Å². The van der Waals surface area contributed by atoms with Crippen LogP contribution in [0.3, 0.4) is 0 Å². The number of hydrogen-bond donors (Lipinski definition) is 3. The molecule has 2 rings (SSSR count). The highest BCUT2D eigenvalue weighted by Crippen LogP contribution is 2.23. The molecule has 0 aliphatic rings. The van der Waals surface area contributed by atoms with Crippen LogP contribution in [0.25, 0.3) is 0 Å². The maximum atomic E-state index is 11.3. The van der Waals surface area contributed by atoms with Gasteiger partial charge in [0.1, 0.15) is 5.75 Å². The second kappa shape index (κ2) is 5.97. The van der Waals surface area contributed by atoms with Gasteiger partial charge in [0.15, 0.2) is 0 Å². The predicted octanol–water partition coefficient (Wildman–Crippen LogP) is 1.99. The number of hydrogen-bond acceptors (Lipinski definition) is 4. The van der Waals surface area contributed by atoms with Crippen LogP contribution in [0, 0.1) is 0 Å². The number of carbonyl (C=O) groups excluding carboxylic acids is 1. The van der Waals surface area contributed by atoms with Gasteiger partial charge < -0.3 is 21.5 Å². The lowest BCUT2D eigenvalue weighted by Crippen LogP contribution is -2.14. The number of rotatable bonds is 5. The molecule has 0 heterocycles. The molecule has 5 nitrogen and oxygen atoms in total. The molecule has 104 valence electrons. The molecular weight excluding hydrogens is 254 g/mol. The summed E-state index contributed by atoms with van der Waals surface area (Å²) in [6.07, 6.45) is 0. The minimum Gasteiger partial charge on any atom is -0.495 e. The molecule has 0 unspecified atom stereocenters. The third-order valence-electron chi connectivity index (χ3n) is 2.97. The van der Waals surface area contributed by atoms with Crippen LogP contribution in [0.5, 0.6) is 5.75 Å². The van der Waals surface area contributed by atoms with Gasteiger partial charge in [0.2, 0.25) is 0 Å². The SMILES string of the molecule is COc1ccc(CNc2ccccc2C(N)=O)cc1N. The smallest absolute Gasteiger partial charge is 0.250 e. The predicted molar refractivity (Wildman–Crippen MR) is 79.7 cm³/mol. The molecule has 0 saturated carbocycles. The zero-order chi connectivity index (χ0) is 14.5. The molecule has 2 aromatic rings. The van der Waals surface area contributed by atoms with Crippen molar-refractivity contribution in [2.45, 2.75) is 6.54 Å². The maximum absolute atomic E-state index is 11.3. The molecule has 0 spiro atoms. The van der Waals surface area contributed by atoms with E-state index in [1.165, 1.54) is 0 Å². The van der Waals surface area contributed by atoms with Crippen LogP contribution >= 0.6 is 0 Å². The van der Waals surface area contributed by atoms with Crippen molar-refractivity contribution in [3.63, 3.8) is 0 Å². The first-order valence-corrected chi connectivity index (χ1v) is 6.17. The van der Waals surface area contributed by atoms with E-state index in [2.05, 4.69) is 5.32 Å². The molecule has 5 N–H and O–H groups in total. The number of carbonyl (C=O) groups is 1. The Morgan fingerprint density at radius 2 is 2.00 bits per heavy atom. The number of nitrogens with one attached hydrogen (secondary N) is 1.